The van der Waals surface area contributed by atoms with E-state index < -0.39 is 28.4 Å². The molecule has 9 heteroatoms. The van der Waals surface area contributed by atoms with Crippen LogP contribution < -0.4 is 0 Å². The summed E-state index contributed by atoms with van der Waals surface area (Å²) in [6.07, 6.45) is 0.818. The number of amides is 1. The fourth-order valence-electron chi connectivity index (χ4n) is 3.62. The minimum absolute atomic E-state index is 0.0851. The van der Waals surface area contributed by atoms with E-state index in [1.54, 1.807) is 12.1 Å². The van der Waals surface area contributed by atoms with Crippen molar-refractivity contribution in [2.24, 2.45) is 0 Å². The van der Waals surface area contributed by atoms with Crippen molar-refractivity contribution < 1.29 is 29.5 Å². The molecule has 2 aromatic carbocycles. The average Bonchev–Trinajstić information content (AvgIpc) is 3.06. The van der Waals surface area contributed by atoms with Crippen LogP contribution in [0.2, 0.25) is 0 Å². The van der Waals surface area contributed by atoms with Gasteiger partial charge in [0, 0.05) is 24.2 Å². The predicted octanol–water partition coefficient (Wildman–Crippen LogP) is 2.59. The number of nitro benzene ring substituents is 1. The van der Waals surface area contributed by atoms with Crippen molar-refractivity contribution in [2.45, 2.75) is 19.4 Å². The van der Waals surface area contributed by atoms with Gasteiger partial charge in [-0.05, 0) is 29.7 Å². The number of hydrogen-bond donors (Lipinski definition) is 2. The highest BCUT2D eigenvalue weighted by atomic mass is 16.6. The third kappa shape index (κ3) is 4.68. The number of aryl methyl sites for hydroxylation is 1. The summed E-state index contributed by atoms with van der Waals surface area (Å²) in [4.78, 5) is 37.4. The van der Waals surface area contributed by atoms with Crippen LogP contribution in [-0.4, -0.2) is 58.1 Å². The molecule has 2 N–H and O–H groups in total. The molecule has 0 bridgehead atoms. The Bertz CT molecular complexity index is 1030. The Balaban J connectivity index is 2.05. The summed E-state index contributed by atoms with van der Waals surface area (Å²) < 4.78 is 5.27. The molecular formula is C23H24N2O7. The zero-order valence-corrected chi connectivity index (χ0v) is 17.6. The number of nitrogens with zero attached hydrogens (tertiary/aromatic N) is 2. The van der Waals surface area contributed by atoms with Crippen LogP contribution in [0.25, 0.3) is 5.76 Å². The van der Waals surface area contributed by atoms with Gasteiger partial charge in [-0.15, -0.1) is 0 Å². The average molecular weight is 440 g/mol. The van der Waals surface area contributed by atoms with E-state index in [1.165, 1.54) is 29.2 Å². The molecule has 0 spiro atoms. The first-order valence-corrected chi connectivity index (χ1v) is 10.2. The van der Waals surface area contributed by atoms with Crippen molar-refractivity contribution in [1.82, 2.24) is 4.90 Å². The Morgan fingerprint density at radius 2 is 1.75 bits per heavy atom. The summed E-state index contributed by atoms with van der Waals surface area (Å²) in [5.74, 6) is -2.01. The molecule has 9 nitrogen and oxygen atoms in total. The highest BCUT2D eigenvalue weighted by Crippen LogP contribution is 2.39. The molecular weight excluding hydrogens is 416 g/mol. The molecule has 1 heterocycles. The normalized spacial score (nSPS) is 17.7. The van der Waals surface area contributed by atoms with E-state index in [0.717, 1.165) is 12.0 Å². The summed E-state index contributed by atoms with van der Waals surface area (Å²) in [5, 5.41) is 30.7. The number of carbonyl (C=O) groups is 2. The van der Waals surface area contributed by atoms with Crippen molar-refractivity contribution in [3.8, 4) is 0 Å². The zero-order chi connectivity index (χ0) is 23.3. The molecule has 1 saturated heterocycles. The molecule has 3 rings (SSSR count). The second kappa shape index (κ2) is 10.2. The first-order chi connectivity index (χ1) is 15.4. The third-order valence-corrected chi connectivity index (χ3v) is 5.31. The van der Waals surface area contributed by atoms with Crippen molar-refractivity contribution in [1.29, 1.82) is 0 Å². The SMILES string of the molecule is CCc1ccc([C@H]2C(=C(O)c3ccc([N+](=O)[O-])cc3)C(=O)C(=O)N2CCOCCO)cc1. The van der Waals surface area contributed by atoms with Crippen LogP contribution in [0.3, 0.4) is 0 Å². The minimum Gasteiger partial charge on any atom is -0.507 e. The summed E-state index contributed by atoms with van der Waals surface area (Å²) in [6, 6.07) is 11.7. The molecule has 1 amide bonds. The van der Waals surface area contributed by atoms with Crippen LogP contribution in [0, 0.1) is 10.1 Å². The number of non-ortho nitro benzene ring substituents is 1. The number of aliphatic hydroxyl groups excluding tert-OH is 2. The van der Waals surface area contributed by atoms with Gasteiger partial charge in [0.1, 0.15) is 5.76 Å². The molecule has 32 heavy (non-hydrogen) atoms. The van der Waals surface area contributed by atoms with Crippen LogP contribution in [0.15, 0.2) is 54.1 Å². The van der Waals surface area contributed by atoms with Crippen LogP contribution in [-0.2, 0) is 20.7 Å². The van der Waals surface area contributed by atoms with Crippen LogP contribution >= 0.6 is 0 Å². The fourth-order valence-corrected chi connectivity index (χ4v) is 3.62. The van der Waals surface area contributed by atoms with Crippen LogP contribution in [0.1, 0.15) is 29.7 Å². The van der Waals surface area contributed by atoms with Crippen molar-refractivity contribution in [2.75, 3.05) is 26.4 Å². The van der Waals surface area contributed by atoms with Gasteiger partial charge in [0.05, 0.1) is 36.4 Å². The number of nitro groups is 1. The molecule has 0 aromatic heterocycles. The van der Waals surface area contributed by atoms with E-state index >= 15 is 0 Å². The quantitative estimate of drug-likeness (QED) is 0.153. The lowest BCUT2D eigenvalue weighted by Crippen LogP contribution is -2.33. The van der Waals surface area contributed by atoms with Crippen LogP contribution in [0.4, 0.5) is 5.69 Å². The standard InChI is InChI=1S/C23H24N2O7/c1-2-15-3-5-16(6-4-15)20-19(21(27)17-7-9-18(10-8-17)25(30)31)22(28)23(29)24(20)11-13-32-14-12-26/h3-10,20,26-27H,2,11-14H2,1H3/t20-/m0/s1. The minimum atomic E-state index is -0.840. The van der Waals surface area contributed by atoms with E-state index in [9.17, 15) is 24.8 Å². The largest absolute Gasteiger partial charge is 0.507 e. The second-order valence-corrected chi connectivity index (χ2v) is 7.23. The molecule has 0 radical (unpaired) electrons. The summed E-state index contributed by atoms with van der Waals surface area (Å²) in [6.45, 7) is 2.13. The van der Waals surface area contributed by atoms with Crippen molar-refractivity contribution in [3.63, 3.8) is 0 Å². The lowest BCUT2D eigenvalue weighted by Gasteiger charge is -2.25. The Morgan fingerprint density at radius 3 is 2.31 bits per heavy atom. The molecule has 0 unspecified atom stereocenters. The molecule has 1 aliphatic rings. The highest BCUT2D eigenvalue weighted by molar-refractivity contribution is 6.46. The maximum Gasteiger partial charge on any atom is 0.295 e. The first kappa shape index (κ1) is 23.1. The summed E-state index contributed by atoms with van der Waals surface area (Å²) in [5.41, 5.74) is 1.67. The lowest BCUT2D eigenvalue weighted by atomic mass is 9.94. The highest BCUT2D eigenvalue weighted by Gasteiger charge is 2.45. The summed E-state index contributed by atoms with van der Waals surface area (Å²) in [7, 11) is 0. The fraction of sp³-hybridized carbons (Fsp3) is 0.304. The number of Topliss-reactive ketones (excluding diaryl/α,β-unsaturated/α-hetero) is 1. The Labute approximate surface area is 184 Å². The van der Waals surface area contributed by atoms with E-state index in [2.05, 4.69) is 0 Å². The number of carbonyl (C=O) groups excluding carboxylic acids is 2. The van der Waals surface area contributed by atoms with Gasteiger partial charge in [0.15, 0.2) is 0 Å². The number of ketones is 1. The number of likely N-dealkylation sites (tertiary alicyclic amines) is 1. The number of rotatable bonds is 9. The molecule has 0 saturated carbocycles. The van der Waals surface area contributed by atoms with E-state index in [-0.39, 0.29) is 43.2 Å². The van der Waals surface area contributed by atoms with Crippen LogP contribution in [0.5, 0.6) is 0 Å². The molecule has 1 fully saturated rings. The van der Waals surface area contributed by atoms with Gasteiger partial charge in [0.25, 0.3) is 17.4 Å². The van der Waals surface area contributed by atoms with Gasteiger partial charge < -0.3 is 19.8 Å². The maximum absolute atomic E-state index is 12.9. The molecule has 2 aromatic rings. The van der Waals surface area contributed by atoms with Gasteiger partial charge in [-0.1, -0.05) is 31.2 Å². The van der Waals surface area contributed by atoms with E-state index in [0.29, 0.717) is 5.56 Å². The Kier molecular flexibility index (Phi) is 7.34. The molecule has 1 aliphatic heterocycles. The monoisotopic (exact) mass is 440 g/mol. The number of ether oxygens (including phenoxy) is 1. The second-order valence-electron chi connectivity index (χ2n) is 7.23. The van der Waals surface area contributed by atoms with Gasteiger partial charge >= 0.3 is 0 Å². The molecule has 0 aliphatic carbocycles. The van der Waals surface area contributed by atoms with Gasteiger partial charge in [-0.25, -0.2) is 0 Å². The van der Waals surface area contributed by atoms with Crippen molar-refractivity contribution >= 4 is 23.1 Å². The van der Waals surface area contributed by atoms with E-state index in [4.69, 9.17) is 9.84 Å². The van der Waals surface area contributed by atoms with Gasteiger partial charge in [-0.2, -0.15) is 0 Å². The zero-order valence-electron chi connectivity index (χ0n) is 17.6. The predicted molar refractivity (Wildman–Crippen MR) is 116 cm³/mol. The van der Waals surface area contributed by atoms with Crippen molar-refractivity contribution in [3.05, 3.63) is 80.9 Å². The topological polar surface area (TPSA) is 130 Å². The maximum atomic E-state index is 12.9. The third-order valence-electron chi connectivity index (χ3n) is 5.31. The Morgan fingerprint density at radius 1 is 1.09 bits per heavy atom. The first-order valence-electron chi connectivity index (χ1n) is 10.2. The molecule has 168 valence electrons. The number of aliphatic hydroxyl groups is 2. The van der Waals surface area contributed by atoms with Gasteiger partial charge in [-0.3, -0.25) is 19.7 Å². The van der Waals surface area contributed by atoms with Gasteiger partial charge in [0.2, 0.25) is 0 Å². The Hall–Kier alpha value is -3.56. The smallest absolute Gasteiger partial charge is 0.295 e. The lowest BCUT2D eigenvalue weighted by molar-refractivity contribution is -0.384. The number of benzene rings is 2. The summed E-state index contributed by atoms with van der Waals surface area (Å²) >= 11 is 0. The molecule has 1 atom stereocenters. The number of hydrogen-bond acceptors (Lipinski definition) is 7. The van der Waals surface area contributed by atoms with E-state index in [1.807, 2.05) is 19.1 Å².